The molecule has 0 spiro atoms. The zero-order valence-electron chi connectivity index (χ0n) is 18.5. The van der Waals surface area contributed by atoms with Crippen molar-refractivity contribution in [1.29, 1.82) is 0 Å². The van der Waals surface area contributed by atoms with E-state index in [2.05, 4.69) is 13.2 Å². The van der Waals surface area contributed by atoms with Crippen molar-refractivity contribution in [2.75, 3.05) is 14.2 Å². The summed E-state index contributed by atoms with van der Waals surface area (Å²) >= 11 is 0. The van der Waals surface area contributed by atoms with Crippen LogP contribution in [-0.4, -0.2) is 39.0 Å². The van der Waals surface area contributed by atoms with Crippen LogP contribution in [0.3, 0.4) is 0 Å². The highest BCUT2D eigenvalue weighted by Gasteiger charge is 2.22. The van der Waals surface area contributed by atoms with Crippen LogP contribution in [0.5, 0.6) is 0 Å². The molecule has 0 aromatic heterocycles. The molecule has 0 aliphatic carbocycles. The van der Waals surface area contributed by atoms with Gasteiger partial charge < -0.3 is 23.7 Å². The van der Waals surface area contributed by atoms with Crippen LogP contribution in [0.1, 0.15) is 24.0 Å². The lowest BCUT2D eigenvalue weighted by molar-refractivity contribution is -0.244. The molecular formula is C26H34O5. The molecule has 0 N–H and O–H groups in total. The fourth-order valence-electron chi connectivity index (χ4n) is 2.98. The Kier molecular flexibility index (Phi) is 11.8. The summed E-state index contributed by atoms with van der Waals surface area (Å²) < 4.78 is 29.0. The fraction of sp³-hybridized carbons (Fsp3) is 0.385. The van der Waals surface area contributed by atoms with E-state index in [-0.39, 0.29) is 12.2 Å². The molecule has 31 heavy (non-hydrogen) atoms. The molecule has 0 saturated carbocycles. The minimum Gasteiger partial charge on any atom is -0.369 e. The Hall–Kier alpha value is -2.28. The largest absolute Gasteiger partial charge is 0.369 e. The highest BCUT2D eigenvalue weighted by atomic mass is 16.8. The Morgan fingerprint density at radius 3 is 1.39 bits per heavy atom. The van der Waals surface area contributed by atoms with Crippen molar-refractivity contribution < 1.29 is 23.7 Å². The molecule has 0 radical (unpaired) electrons. The van der Waals surface area contributed by atoms with Crippen molar-refractivity contribution in [3.05, 3.63) is 97.1 Å². The normalized spacial score (nSPS) is 15.0. The van der Waals surface area contributed by atoms with E-state index in [0.717, 1.165) is 11.1 Å². The predicted octanol–water partition coefficient (Wildman–Crippen LogP) is 5.27. The van der Waals surface area contributed by atoms with E-state index in [1.165, 1.54) is 0 Å². The van der Waals surface area contributed by atoms with E-state index in [9.17, 15) is 0 Å². The van der Waals surface area contributed by atoms with E-state index < -0.39 is 12.6 Å². The summed E-state index contributed by atoms with van der Waals surface area (Å²) in [6.45, 7) is 8.74. The second-order valence-electron chi connectivity index (χ2n) is 7.08. The molecule has 0 heterocycles. The molecule has 0 amide bonds. The zero-order chi connectivity index (χ0) is 22.3. The monoisotopic (exact) mass is 426 g/mol. The summed E-state index contributed by atoms with van der Waals surface area (Å²) in [6.07, 6.45) is 3.06. The molecule has 0 aliphatic heterocycles. The van der Waals surface area contributed by atoms with Gasteiger partial charge in [-0.05, 0) is 11.1 Å². The Balaban J connectivity index is 1.83. The van der Waals surface area contributed by atoms with Gasteiger partial charge in [0.1, 0.15) is 0 Å². The number of benzene rings is 2. The van der Waals surface area contributed by atoms with Crippen LogP contribution in [-0.2, 0) is 36.9 Å². The summed E-state index contributed by atoms with van der Waals surface area (Å²) in [5, 5.41) is 0. The lowest BCUT2D eigenvalue weighted by Crippen LogP contribution is -2.31. The molecule has 0 aliphatic rings. The third-order valence-electron chi connectivity index (χ3n) is 4.82. The van der Waals surface area contributed by atoms with Crippen molar-refractivity contribution >= 4 is 0 Å². The van der Waals surface area contributed by atoms with Crippen molar-refractivity contribution in [1.82, 2.24) is 0 Å². The summed E-state index contributed by atoms with van der Waals surface area (Å²) in [5.74, 6) is 0. The third-order valence-corrected chi connectivity index (χ3v) is 4.82. The molecule has 5 nitrogen and oxygen atoms in total. The Bertz CT molecular complexity index is 670. The van der Waals surface area contributed by atoms with Gasteiger partial charge in [-0.15, -0.1) is 13.2 Å². The molecule has 2 rings (SSSR count). The van der Waals surface area contributed by atoms with Crippen LogP contribution in [0, 0.1) is 0 Å². The molecule has 0 fully saturated rings. The number of ether oxygens (including phenoxy) is 5. The third kappa shape index (κ3) is 9.59. The zero-order valence-corrected chi connectivity index (χ0v) is 18.5. The SMILES string of the molecule is C=CC(CC(OC)OC(CC(C=C)OCc1ccccc1)OC)OCc1ccccc1. The first kappa shape index (κ1) is 25.0. The molecule has 168 valence electrons. The van der Waals surface area contributed by atoms with Gasteiger partial charge in [-0.2, -0.15) is 0 Å². The summed E-state index contributed by atoms with van der Waals surface area (Å²) in [4.78, 5) is 0. The summed E-state index contributed by atoms with van der Waals surface area (Å²) in [7, 11) is 3.21. The fourth-order valence-corrected chi connectivity index (χ4v) is 2.98. The maximum atomic E-state index is 6.02. The molecule has 4 unspecified atom stereocenters. The maximum absolute atomic E-state index is 6.02. The molecule has 0 saturated heterocycles. The number of hydrogen-bond acceptors (Lipinski definition) is 5. The predicted molar refractivity (Wildman–Crippen MR) is 122 cm³/mol. The van der Waals surface area contributed by atoms with Gasteiger partial charge in [0.2, 0.25) is 0 Å². The number of hydrogen-bond donors (Lipinski definition) is 0. The molecule has 2 aromatic rings. The van der Waals surface area contributed by atoms with Gasteiger partial charge in [-0.25, -0.2) is 0 Å². The maximum Gasteiger partial charge on any atom is 0.163 e. The average molecular weight is 427 g/mol. The topological polar surface area (TPSA) is 46.2 Å². The number of methoxy groups -OCH3 is 2. The van der Waals surface area contributed by atoms with Crippen molar-refractivity contribution in [2.45, 2.75) is 50.8 Å². The first-order valence-electron chi connectivity index (χ1n) is 10.5. The van der Waals surface area contributed by atoms with Crippen molar-refractivity contribution in [3.8, 4) is 0 Å². The summed E-state index contributed by atoms with van der Waals surface area (Å²) in [5.41, 5.74) is 2.20. The molecule has 2 aromatic carbocycles. The lowest BCUT2D eigenvalue weighted by atomic mass is 10.2. The highest BCUT2D eigenvalue weighted by Crippen LogP contribution is 2.17. The van der Waals surface area contributed by atoms with E-state index in [0.29, 0.717) is 26.1 Å². The van der Waals surface area contributed by atoms with E-state index in [1.54, 1.807) is 26.4 Å². The van der Waals surface area contributed by atoms with Crippen LogP contribution in [0.2, 0.25) is 0 Å². The average Bonchev–Trinajstić information content (AvgIpc) is 2.83. The van der Waals surface area contributed by atoms with Crippen LogP contribution in [0.4, 0.5) is 0 Å². The molecule has 5 heteroatoms. The van der Waals surface area contributed by atoms with Gasteiger partial charge in [0, 0.05) is 27.1 Å². The van der Waals surface area contributed by atoms with Gasteiger partial charge >= 0.3 is 0 Å². The first-order chi connectivity index (χ1) is 15.2. The van der Waals surface area contributed by atoms with Crippen molar-refractivity contribution in [3.63, 3.8) is 0 Å². The van der Waals surface area contributed by atoms with Gasteiger partial charge in [0.05, 0.1) is 25.4 Å². The highest BCUT2D eigenvalue weighted by molar-refractivity contribution is 5.14. The van der Waals surface area contributed by atoms with Gasteiger partial charge in [0.25, 0.3) is 0 Å². The minimum absolute atomic E-state index is 0.216. The standard InChI is InChI=1S/C26H34O5/c1-5-23(29-19-21-13-9-7-10-14-21)17-25(27-3)31-26(28-4)18-24(6-2)30-20-22-15-11-8-12-16-22/h5-16,23-26H,1-2,17-20H2,3-4H3. The van der Waals surface area contributed by atoms with Crippen LogP contribution in [0.25, 0.3) is 0 Å². The van der Waals surface area contributed by atoms with Crippen LogP contribution in [0.15, 0.2) is 86.0 Å². The quantitative estimate of drug-likeness (QED) is 0.270. The van der Waals surface area contributed by atoms with E-state index in [1.807, 2.05) is 60.7 Å². The first-order valence-corrected chi connectivity index (χ1v) is 10.5. The second kappa shape index (κ2) is 14.7. The van der Waals surface area contributed by atoms with E-state index >= 15 is 0 Å². The van der Waals surface area contributed by atoms with E-state index in [4.69, 9.17) is 23.7 Å². The molecular weight excluding hydrogens is 392 g/mol. The van der Waals surface area contributed by atoms with Gasteiger partial charge in [-0.1, -0.05) is 72.8 Å². The second-order valence-corrected chi connectivity index (χ2v) is 7.08. The van der Waals surface area contributed by atoms with Crippen molar-refractivity contribution in [2.24, 2.45) is 0 Å². The van der Waals surface area contributed by atoms with Crippen LogP contribution >= 0.6 is 0 Å². The molecule has 4 atom stereocenters. The Morgan fingerprint density at radius 1 is 0.677 bits per heavy atom. The van der Waals surface area contributed by atoms with Gasteiger partial charge in [-0.3, -0.25) is 0 Å². The lowest BCUT2D eigenvalue weighted by Gasteiger charge is -2.27. The smallest absolute Gasteiger partial charge is 0.163 e. The molecule has 0 bridgehead atoms. The van der Waals surface area contributed by atoms with Crippen LogP contribution < -0.4 is 0 Å². The number of rotatable bonds is 16. The Labute approximate surface area is 186 Å². The Morgan fingerprint density at radius 2 is 1.06 bits per heavy atom. The summed E-state index contributed by atoms with van der Waals surface area (Å²) in [6, 6.07) is 20.0. The van der Waals surface area contributed by atoms with Gasteiger partial charge in [0.15, 0.2) is 12.6 Å². The minimum atomic E-state index is -0.511.